The first kappa shape index (κ1) is 10.8. The smallest absolute Gasteiger partial charge is 0.352 e. The van der Waals surface area contributed by atoms with Gasteiger partial charge in [0, 0.05) is 19.3 Å². The fourth-order valence-corrected chi connectivity index (χ4v) is 1.61. The Morgan fingerprint density at radius 3 is 2.50 bits per heavy atom. The second-order valence-electron chi connectivity index (χ2n) is 3.77. The molecule has 0 atom stereocenters. The predicted octanol–water partition coefficient (Wildman–Crippen LogP) is 1.09. The van der Waals surface area contributed by atoms with Gasteiger partial charge in [-0.1, -0.05) is 0 Å². The van der Waals surface area contributed by atoms with Crippen LogP contribution in [0, 0.1) is 6.92 Å². The van der Waals surface area contributed by atoms with Crippen molar-refractivity contribution in [2.75, 3.05) is 14.1 Å². The molecule has 0 aromatic carbocycles. The summed E-state index contributed by atoms with van der Waals surface area (Å²) in [4.78, 5) is 12.9. The summed E-state index contributed by atoms with van der Waals surface area (Å²) < 4.78 is 1.73. The molecular weight excluding hydrogens is 180 g/mol. The van der Waals surface area contributed by atoms with Crippen LogP contribution < -0.4 is 0 Å². The third-order valence-corrected chi connectivity index (χ3v) is 2.20. The van der Waals surface area contributed by atoms with Gasteiger partial charge in [-0.3, -0.25) is 0 Å². The highest BCUT2D eigenvalue weighted by atomic mass is 16.4. The van der Waals surface area contributed by atoms with E-state index in [2.05, 4.69) is 0 Å². The Hall–Kier alpha value is -1.29. The van der Waals surface area contributed by atoms with Gasteiger partial charge < -0.3 is 14.6 Å². The van der Waals surface area contributed by atoms with Crippen molar-refractivity contribution in [2.45, 2.75) is 13.5 Å². The second-order valence-corrected chi connectivity index (χ2v) is 3.77. The fraction of sp³-hybridized carbons (Fsp3) is 0.500. The molecule has 4 nitrogen and oxygen atoms in total. The number of hydrogen-bond acceptors (Lipinski definition) is 2. The van der Waals surface area contributed by atoms with E-state index >= 15 is 0 Å². The summed E-state index contributed by atoms with van der Waals surface area (Å²) >= 11 is 0. The molecule has 0 aliphatic heterocycles. The quantitative estimate of drug-likeness (QED) is 0.787. The molecule has 0 unspecified atom stereocenters. The molecule has 4 heteroatoms. The average Bonchev–Trinajstić information content (AvgIpc) is 2.25. The van der Waals surface area contributed by atoms with E-state index in [1.807, 2.05) is 32.0 Å². The Balaban J connectivity index is 3.10. The Kier molecular flexibility index (Phi) is 2.96. The summed E-state index contributed by atoms with van der Waals surface area (Å²) in [6, 6.07) is 1.92. The molecule has 0 fully saturated rings. The molecule has 0 bridgehead atoms. The Morgan fingerprint density at radius 1 is 1.57 bits per heavy atom. The first-order valence-corrected chi connectivity index (χ1v) is 4.46. The largest absolute Gasteiger partial charge is 0.477 e. The molecule has 0 aliphatic rings. The minimum Gasteiger partial charge on any atom is -0.477 e. The highest BCUT2D eigenvalue weighted by molar-refractivity contribution is 5.87. The lowest BCUT2D eigenvalue weighted by molar-refractivity contribution is 0.0685. The highest BCUT2D eigenvalue weighted by Gasteiger charge is 2.15. The molecule has 0 spiro atoms. The summed E-state index contributed by atoms with van der Waals surface area (Å²) in [6.07, 6.45) is 0. The van der Waals surface area contributed by atoms with Gasteiger partial charge in [0.2, 0.25) is 0 Å². The fourth-order valence-electron chi connectivity index (χ4n) is 1.61. The van der Waals surface area contributed by atoms with Crippen LogP contribution in [-0.2, 0) is 13.6 Å². The summed E-state index contributed by atoms with van der Waals surface area (Å²) in [5.74, 6) is -0.866. The normalized spacial score (nSPS) is 10.9. The van der Waals surface area contributed by atoms with Gasteiger partial charge in [-0.05, 0) is 32.6 Å². The molecule has 1 aromatic rings. The molecule has 0 radical (unpaired) electrons. The summed E-state index contributed by atoms with van der Waals surface area (Å²) in [6.45, 7) is 2.58. The number of aromatic nitrogens is 1. The molecule has 0 aliphatic carbocycles. The van der Waals surface area contributed by atoms with Crippen LogP contribution in [0.15, 0.2) is 6.07 Å². The molecular formula is C10H16N2O2. The van der Waals surface area contributed by atoms with Crippen LogP contribution in [0.1, 0.15) is 21.7 Å². The first-order valence-electron chi connectivity index (χ1n) is 4.46. The Labute approximate surface area is 83.8 Å². The lowest BCUT2D eigenvalue weighted by Crippen LogP contribution is -2.15. The molecule has 1 heterocycles. The monoisotopic (exact) mass is 196 g/mol. The number of aromatic carboxylic acids is 1. The van der Waals surface area contributed by atoms with E-state index < -0.39 is 5.97 Å². The van der Waals surface area contributed by atoms with Crippen LogP contribution in [0.2, 0.25) is 0 Å². The number of carbonyl (C=O) groups is 1. The lowest BCUT2D eigenvalue weighted by Gasteiger charge is -2.10. The third kappa shape index (κ3) is 1.96. The van der Waals surface area contributed by atoms with Crippen LogP contribution in [0.5, 0.6) is 0 Å². The predicted molar refractivity (Wildman–Crippen MR) is 54.5 cm³/mol. The first-order chi connectivity index (χ1) is 6.43. The molecule has 1 aromatic heterocycles. The Bertz CT molecular complexity index is 353. The maximum absolute atomic E-state index is 10.9. The zero-order valence-corrected chi connectivity index (χ0v) is 9.03. The average molecular weight is 196 g/mol. The maximum atomic E-state index is 10.9. The van der Waals surface area contributed by atoms with E-state index in [1.54, 1.807) is 11.6 Å². The van der Waals surface area contributed by atoms with Gasteiger partial charge in [0.1, 0.15) is 5.69 Å². The van der Waals surface area contributed by atoms with E-state index in [1.165, 1.54) is 0 Å². The molecule has 0 saturated heterocycles. The molecule has 78 valence electrons. The van der Waals surface area contributed by atoms with Gasteiger partial charge in [0.15, 0.2) is 0 Å². The zero-order chi connectivity index (χ0) is 10.9. The summed E-state index contributed by atoms with van der Waals surface area (Å²) in [5.41, 5.74) is 2.21. The minimum atomic E-state index is -0.866. The number of hydrogen-bond donors (Lipinski definition) is 1. The van der Waals surface area contributed by atoms with E-state index in [0.29, 0.717) is 5.69 Å². The van der Waals surface area contributed by atoms with Gasteiger partial charge >= 0.3 is 5.97 Å². The van der Waals surface area contributed by atoms with Crippen molar-refractivity contribution >= 4 is 5.97 Å². The number of nitrogens with zero attached hydrogens (tertiary/aromatic N) is 2. The standard InChI is InChI=1S/C10H16N2O2/c1-7-5-8(6-11(2)3)12(4)9(7)10(13)14/h5H,6H2,1-4H3,(H,13,14). The number of rotatable bonds is 3. The van der Waals surface area contributed by atoms with Crippen LogP contribution in [0.4, 0.5) is 0 Å². The number of aryl methyl sites for hydroxylation is 1. The van der Waals surface area contributed by atoms with E-state index in [4.69, 9.17) is 5.11 Å². The van der Waals surface area contributed by atoms with E-state index in [0.717, 1.165) is 17.8 Å². The third-order valence-electron chi connectivity index (χ3n) is 2.20. The van der Waals surface area contributed by atoms with E-state index in [9.17, 15) is 4.79 Å². The lowest BCUT2D eigenvalue weighted by atomic mass is 10.2. The topological polar surface area (TPSA) is 45.5 Å². The molecule has 1 rings (SSSR count). The number of carboxylic acids is 1. The van der Waals surface area contributed by atoms with Crippen molar-refractivity contribution in [2.24, 2.45) is 7.05 Å². The van der Waals surface area contributed by atoms with Crippen LogP contribution in [0.3, 0.4) is 0 Å². The van der Waals surface area contributed by atoms with E-state index in [-0.39, 0.29) is 0 Å². The van der Waals surface area contributed by atoms with Crippen molar-refractivity contribution in [3.05, 3.63) is 23.0 Å². The zero-order valence-electron chi connectivity index (χ0n) is 9.03. The van der Waals surface area contributed by atoms with Crippen molar-refractivity contribution in [3.8, 4) is 0 Å². The summed E-state index contributed by atoms with van der Waals surface area (Å²) in [7, 11) is 5.71. The molecule has 1 N–H and O–H groups in total. The molecule has 0 saturated carbocycles. The second kappa shape index (κ2) is 3.84. The maximum Gasteiger partial charge on any atom is 0.352 e. The number of carboxylic acid groups (broad SMARTS) is 1. The van der Waals surface area contributed by atoms with Crippen molar-refractivity contribution in [1.29, 1.82) is 0 Å². The Morgan fingerprint density at radius 2 is 2.14 bits per heavy atom. The van der Waals surface area contributed by atoms with Crippen LogP contribution >= 0.6 is 0 Å². The van der Waals surface area contributed by atoms with Crippen molar-refractivity contribution in [1.82, 2.24) is 9.47 Å². The van der Waals surface area contributed by atoms with Gasteiger partial charge in [-0.15, -0.1) is 0 Å². The van der Waals surface area contributed by atoms with Crippen LogP contribution in [-0.4, -0.2) is 34.6 Å². The summed E-state index contributed by atoms with van der Waals surface area (Å²) in [5, 5.41) is 8.96. The highest BCUT2D eigenvalue weighted by Crippen LogP contribution is 2.14. The molecule has 0 amide bonds. The SMILES string of the molecule is Cc1cc(CN(C)C)n(C)c1C(=O)O. The van der Waals surface area contributed by atoms with Gasteiger partial charge in [0.25, 0.3) is 0 Å². The van der Waals surface area contributed by atoms with Crippen molar-refractivity contribution < 1.29 is 9.90 Å². The van der Waals surface area contributed by atoms with Gasteiger partial charge in [-0.25, -0.2) is 4.79 Å². The minimum absolute atomic E-state index is 0.377. The van der Waals surface area contributed by atoms with Crippen molar-refractivity contribution in [3.63, 3.8) is 0 Å². The van der Waals surface area contributed by atoms with Gasteiger partial charge in [-0.2, -0.15) is 0 Å². The molecule has 14 heavy (non-hydrogen) atoms. The van der Waals surface area contributed by atoms with Crippen LogP contribution in [0.25, 0.3) is 0 Å². The van der Waals surface area contributed by atoms with Gasteiger partial charge in [0.05, 0.1) is 0 Å².